The molecular weight excluding hydrogens is 308 g/mol. The van der Waals surface area contributed by atoms with Crippen molar-refractivity contribution in [1.29, 1.82) is 0 Å². The van der Waals surface area contributed by atoms with Crippen LogP contribution in [-0.2, 0) is 0 Å². The lowest BCUT2D eigenvalue weighted by atomic mass is 9.65. The molecule has 3 heteroatoms. The van der Waals surface area contributed by atoms with Crippen LogP contribution in [0.15, 0.2) is 0 Å². The average molecular weight is 326 g/mol. The van der Waals surface area contributed by atoms with Crippen LogP contribution in [0.3, 0.4) is 0 Å². The highest BCUT2D eigenvalue weighted by molar-refractivity contribution is 9.09. The zero-order valence-electron chi connectivity index (χ0n) is 8.82. The van der Waals surface area contributed by atoms with Crippen molar-refractivity contribution in [2.45, 2.75) is 38.7 Å². The summed E-state index contributed by atoms with van der Waals surface area (Å²) in [6, 6.07) is 0. The minimum atomic E-state index is -0.484. The minimum absolute atomic E-state index is 0.0775. The second-order valence-electron chi connectivity index (χ2n) is 5.48. The molecule has 0 radical (unpaired) electrons. The third-order valence-electron chi connectivity index (χ3n) is 5.09. The Morgan fingerprint density at radius 2 is 1.93 bits per heavy atom. The molecule has 0 amide bonds. The molecule has 2 rings (SSSR count). The molecule has 0 aromatic heterocycles. The van der Waals surface area contributed by atoms with E-state index < -0.39 is 5.60 Å². The van der Waals surface area contributed by atoms with Gasteiger partial charge in [-0.25, -0.2) is 0 Å². The van der Waals surface area contributed by atoms with Crippen molar-refractivity contribution >= 4 is 31.9 Å². The van der Waals surface area contributed by atoms with Crippen molar-refractivity contribution in [3.8, 4) is 0 Å². The largest absolute Gasteiger partial charge is 0.390 e. The van der Waals surface area contributed by atoms with E-state index in [1.54, 1.807) is 0 Å². The maximum absolute atomic E-state index is 10.6. The van der Waals surface area contributed by atoms with Crippen molar-refractivity contribution in [1.82, 2.24) is 0 Å². The molecule has 1 nitrogen and oxygen atoms in total. The monoisotopic (exact) mass is 324 g/mol. The summed E-state index contributed by atoms with van der Waals surface area (Å²) in [7, 11) is 0. The Kier molecular flexibility index (Phi) is 2.61. The van der Waals surface area contributed by atoms with E-state index in [2.05, 4.69) is 38.8 Å². The molecule has 1 N–H and O–H groups in total. The number of hydrogen-bond acceptors (Lipinski definition) is 1. The highest BCUT2D eigenvalue weighted by atomic mass is 79.9. The molecular formula is C11H18Br2O. The lowest BCUT2D eigenvalue weighted by molar-refractivity contribution is -0.0692. The number of fused-ring (bicyclic) bond motifs is 2. The van der Waals surface area contributed by atoms with Crippen LogP contribution in [-0.4, -0.2) is 21.4 Å². The van der Waals surface area contributed by atoms with Crippen molar-refractivity contribution < 1.29 is 5.11 Å². The molecule has 0 aromatic rings. The van der Waals surface area contributed by atoms with E-state index in [1.165, 1.54) is 6.42 Å². The predicted octanol–water partition coefficient (Wildman–Crippen LogP) is 3.33. The molecule has 2 saturated carbocycles. The van der Waals surface area contributed by atoms with Gasteiger partial charge in [-0.05, 0) is 37.5 Å². The van der Waals surface area contributed by atoms with Crippen LogP contribution in [0.1, 0.15) is 33.1 Å². The number of rotatable bonds is 2. The molecule has 2 aliphatic rings. The Morgan fingerprint density at radius 1 is 1.29 bits per heavy atom. The summed E-state index contributed by atoms with van der Waals surface area (Å²) < 4.78 is 0. The topological polar surface area (TPSA) is 20.2 Å². The van der Waals surface area contributed by atoms with Gasteiger partial charge >= 0.3 is 0 Å². The summed E-state index contributed by atoms with van der Waals surface area (Å²) >= 11 is 7.28. The standard InChI is InChI=1S/C11H18Br2O/c1-9(6-12)8-3-4-11(9,7-13)10(2,14)5-8/h8,14H,3-7H2,1-2H3/t8-,9-,10+,11-/m1/s1. The quantitative estimate of drug-likeness (QED) is 0.772. The molecule has 4 atom stereocenters. The smallest absolute Gasteiger partial charge is 0.0692 e. The summed E-state index contributed by atoms with van der Waals surface area (Å²) in [4.78, 5) is 0. The van der Waals surface area contributed by atoms with E-state index in [-0.39, 0.29) is 10.8 Å². The van der Waals surface area contributed by atoms with E-state index >= 15 is 0 Å². The Morgan fingerprint density at radius 3 is 2.29 bits per heavy atom. The average Bonchev–Trinajstić information content (AvgIpc) is 2.50. The van der Waals surface area contributed by atoms with Gasteiger partial charge in [0, 0.05) is 16.1 Å². The van der Waals surface area contributed by atoms with Gasteiger partial charge in [0.15, 0.2) is 0 Å². The summed E-state index contributed by atoms with van der Waals surface area (Å²) in [6.07, 6.45) is 3.42. The first-order chi connectivity index (χ1) is 6.43. The molecule has 0 spiro atoms. The van der Waals surface area contributed by atoms with Gasteiger partial charge in [-0.1, -0.05) is 38.8 Å². The Balaban J connectivity index is 2.48. The molecule has 0 heterocycles. The van der Waals surface area contributed by atoms with Crippen molar-refractivity contribution in [3.05, 3.63) is 0 Å². The zero-order valence-corrected chi connectivity index (χ0v) is 12.0. The fourth-order valence-corrected chi connectivity index (χ4v) is 6.42. The van der Waals surface area contributed by atoms with Crippen molar-refractivity contribution in [3.63, 3.8) is 0 Å². The lowest BCUT2D eigenvalue weighted by Crippen LogP contribution is -2.50. The van der Waals surface area contributed by atoms with E-state index in [1.807, 2.05) is 6.92 Å². The van der Waals surface area contributed by atoms with Crippen LogP contribution in [0.25, 0.3) is 0 Å². The molecule has 2 aliphatic carbocycles. The summed E-state index contributed by atoms with van der Waals surface area (Å²) in [6.45, 7) is 4.36. The van der Waals surface area contributed by atoms with Crippen LogP contribution >= 0.6 is 31.9 Å². The van der Waals surface area contributed by atoms with Gasteiger partial charge in [0.2, 0.25) is 0 Å². The number of alkyl halides is 2. The fourth-order valence-electron chi connectivity index (χ4n) is 3.90. The van der Waals surface area contributed by atoms with Gasteiger partial charge in [-0.3, -0.25) is 0 Å². The summed E-state index contributed by atoms with van der Waals surface area (Å²) in [5, 5.41) is 12.5. The molecule has 2 fully saturated rings. The van der Waals surface area contributed by atoms with Crippen LogP contribution in [0.5, 0.6) is 0 Å². The number of halogens is 2. The first-order valence-corrected chi connectivity index (χ1v) is 7.52. The predicted molar refractivity (Wildman–Crippen MR) is 66.1 cm³/mol. The van der Waals surface area contributed by atoms with Crippen LogP contribution < -0.4 is 0 Å². The Labute approximate surface area is 103 Å². The third-order valence-corrected chi connectivity index (χ3v) is 7.22. The normalized spacial score (nSPS) is 56.8. The Hall–Kier alpha value is 0.920. The number of aliphatic hydroxyl groups is 1. The summed E-state index contributed by atoms with van der Waals surface area (Å²) in [5.74, 6) is 0.689. The van der Waals surface area contributed by atoms with Crippen LogP contribution in [0, 0.1) is 16.7 Å². The molecule has 0 aliphatic heterocycles. The molecule has 0 saturated heterocycles. The van der Waals surface area contributed by atoms with Gasteiger partial charge in [0.25, 0.3) is 0 Å². The SMILES string of the molecule is C[C@]1(O)C[C@H]2CC[C@@]1(CBr)[C@]2(C)CBr. The second-order valence-corrected chi connectivity index (χ2v) is 6.60. The van der Waals surface area contributed by atoms with E-state index in [4.69, 9.17) is 0 Å². The Bertz CT molecular complexity index is 254. The minimum Gasteiger partial charge on any atom is -0.390 e. The van der Waals surface area contributed by atoms with Gasteiger partial charge in [-0.15, -0.1) is 0 Å². The van der Waals surface area contributed by atoms with Crippen LogP contribution in [0.2, 0.25) is 0 Å². The number of hydrogen-bond donors (Lipinski definition) is 1. The van der Waals surface area contributed by atoms with Gasteiger partial charge in [-0.2, -0.15) is 0 Å². The highest BCUT2D eigenvalue weighted by Crippen LogP contribution is 2.70. The molecule has 0 unspecified atom stereocenters. The van der Waals surface area contributed by atoms with Crippen LogP contribution in [0.4, 0.5) is 0 Å². The first-order valence-electron chi connectivity index (χ1n) is 5.28. The maximum atomic E-state index is 10.6. The second kappa shape index (κ2) is 3.21. The van der Waals surface area contributed by atoms with E-state index in [9.17, 15) is 5.11 Å². The fraction of sp³-hybridized carbons (Fsp3) is 1.00. The van der Waals surface area contributed by atoms with Gasteiger partial charge in [0.05, 0.1) is 5.60 Å². The molecule has 82 valence electrons. The van der Waals surface area contributed by atoms with Crippen molar-refractivity contribution in [2.24, 2.45) is 16.7 Å². The molecule has 14 heavy (non-hydrogen) atoms. The molecule has 0 aromatic carbocycles. The van der Waals surface area contributed by atoms with Crippen molar-refractivity contribution in [2.75, 3.05) is 10.7 Å². The van der Waals surface area contributed by atoms with E-state index in [0.717, 1.165) is 23.5 Å². The zero-order chi connectivity index (χ0) is 10.6. The first kappa shape index (κ1) is 11.4. The molecule has 2 bridgehead atoms. The van der Waals surface area contributed by atoms with Gasteiger partial charge in [0.1, 0.15) is 0 Å². The van der Waals surface area contributed by atoms with E-state index in [0.29, 0.717) is 5.92 Å². The van der Waals surface area contributed by atoms with Gasteiger partial charge < -0.3 is 5.11 Å². The summed E-state index contributed by atoms with van der Waals surface area (Å²) in [5.41, 5.74) is -0.143. The third kappa shape index (κ3) is 1.04. The maximum Gasteiger partial charge on any atom is 0.0692 e. The highest BCUT2D eigenvalue weighted by Gasteiger charge is 2.69. The lowest BCUT2D eigenvalue weighted by Gasteiger charge is -2.46.